The molecule has 2 aliphatic rings. The predicted octanol–water partition coefficient (Wildman–Crippen LogP) is 5.94. The zero-order chi connectivity index (χ0) is 29.8. The van der Waals surface area contributed by atoms with Crippen molar-refractivity contribution in [1.82, 2.24) is 9.62 Å². The number of carbonyl (C=O) groups excluding carboxylic acids is 1. The quantitative estimate of drug-likeness (QED) is 0.232. The molecule has 0 saturated carbocycles. The van der Waals surface area contributed by atoms with Gasteiger partial charge in [-0.1, -0.05) is 19.3 Å². The van der Waals surface area contributed by atoms with Gasteiger partial charge >= 0.3 is 12.1 Å². The number of piperidine rings is 1. The highest BCUT2D eigenvalue weighted by Crippen LogP contribution is 2.39. The molecule has 224 valence electrons. The van der Waals surface area contributed by atoms with Gasteiger partial charge in [-0.3, -0.25) is 9.79 Å². The number of anilines is 1. The number of amides is 1. The van der Waals surface area contributed by atoms with Crippen molar-refractivity contribution in [1.29, 1.82) is 0 Å². The van der Waals surface area contributed by atoms with Gasteiger partial charge in [0, 0.05) is 44.1 Å². The lowest BCUT2D eigenvalue weighted by Crippen LogP contribution is -2.50. The molecule has 0 aromatic heterocycles. The van der Waals surface area contributed by atoms with Crippen LogP contribution in [0.2, 0.25) is 0 Å². The second-order valence-electron chi connectivity index (χ2n) is 10.5. The Hall–Kier alpha value is -2.54. The first-order valence-electron chi connectivity index (χ1n) is 13.4. The first-order chi connectivity index (χ1) is 18.6. The van der Waals surface area contributed by atoms with Gasteiger partial charge in [0.25, 0.3) is 5.91 Å². The summed E-state index contributed by atoms with van der Waals surface area (Å²) >= 11 is 0. The number of benzene rings is 1. The molecular weight excluding hydrogens is 555 g/mol. The number of nitrogens with zero attached hydrogens (tertiary/aromatic N) is 2. The summed E-state index contributed by atoms with van der Waals surface area (Å²) in [7, 11) is -1.89. The van der Waals surface area contributed by atoms with E-state index in [-0.39, 0.29) is 44.7 Å². The number of rotatable bonds is 12. The first kappa shape index (κ1) is 32.0. The first-order valence-corrected chi connectivity index (χ1v) is 14.9. The van der Waals surface area contributed by atoms with E-state index in [9.17, 15) is 35.2 Å². The van der Waals surface area contributed by atoms with Gasteiger partial charge in [0.2, 0.25) is 10.0 Å². The van der Waals surface area contributed by atoms with Crippen molar-refractivity contribution < 1.29 is 35.2 Å². The van der Waals surface area contributed by atoms with E-state index in [1.807, 2.05) is 33.0 Å². The lowest BCUT2D eigenvalue weighted by atomic mass is 9.89. The van der Waals surface area contributed by atoms with E-state index in [2.05, 4.69) is 15.6 Å². The zero-order valence-electron chi connectivity index (χ0n) is 23.0. The summed E-state index contributed by atoms with van der Waals surface area (Å²) in [4.78, 5) is 17.3. The van der Waals surface area contributed by atoms with E-state index in [0.717, 1.165) is 22.4 Å². The third-order valence-electron chi connectivity index (χ3n) is 7.55. The van der Waals surface area contributed by atoms with Crippen molar-refractivity contribution in [3.05, 3.63) is 34.2 Å². The minimum absolute atomic E-state index is 0.149. The van der Waals surface area contributed by atoms with E-state index in [1.165, 1.54) is 9.71 Å². The van der Waals surface area contributed by atoms with Gasteiger partial charge in [-0.2, -0.15) is 26.3 Å². The number of nitrogens with one attached hydrogen (secondary N) is 2. The standard InChI is InChI=1S/C27H37F5N4O3S/c1-19-17-21(33-3)18-20(2)22(19)10-16-40(38,39)36-14-12-25(13-15-36)24(37)34-23(35-25)9-7-5-4-6-8-11-26(28,29)27(30,31)32/h10,16-18,33H,4-9,11-15H2,1-3H3,(H,34,35,37). The SMILES string of the molecule is CNc1cc(C)c(C=CS(=O)(=O)N2CCC3(CC2)N=C(CCCCCCCC(F)(F)C(F)(F)F)NC3=O)c(C)c1. The minimum atomic E-state index is -5.52. The van der Waals surface area contributed by atoms with Crippen LogP contribution in [0.25, 0.3) is 6.08 Å². The minimum Gasteiger partial charge on any atom is -0.388 e. The fourth-order valence-electron chi connectivity index (χ4n) is 5.09. The van der Waals surface area contributed by atoms with Crippen LogP contribution in [0.4, 0.5) is 27.6 Å². The zero-order valence-corrected chi connectivity index (χ0v) is 23.8. The Labute approximate surface area is 232 Å². The summed E-state index contributed by atoms with van der Waals surface area (Å²) < 4.78 is 89.9. The highest BCUT2D eigenvalue weighted by Gasteiger charge is 2.56. The Kier molecular flexibility index (Phi) is 10.0. The molecule has 0 atom stereocenters. The maximum Gasteiger partial charge on any atom is 0.453 e. The molecule has 2 heterocycles. The molecule has 1 aromatic carbocycles. The number of alkyl halides is 5. The van der Waals surface area contributed by atoms with Crippen LogP contribution in [0.1, 0.15) is 74.5 Å². The number of hydrogen-bond acceptors (Lipinski definition) is 5. The topological polar surface area (TPSA) is 90.9 Å². The molecule has 3 rings (SSSR count). The number of amidine groups is 1. The third-order valence-corrected chi connectivity index (χ3v) is 9.11. The van der Waals surface area contributed by atoms with Crippen molar-refractivity contribution in [3.8, 4) is 0 Å². The number of sulfonamides is 1. The van der Waals surface area contributed by atoms with E-state index in [0.29, 0.717) is 31.5 Å². The van der Waals surface area contributed by atoms with Crippen LogP contribution in [-0.4, -0.2) is 62.2 Å². The fourth-order valence-corrected chi connectivity index (χ4v) is 6.26. The van der Waals surface area contributed by atoms with Gasteiger partial charge in [0.1, 0.15) is 11.4 Å². The van der Waals surface area contributed by atoms with E-state index in [1.54, 1.807) is 6.08 Å². The van der Waals surface area contributed by atoms with Crippen molar-refractivity contribution in [3.63, 3.8) is 0 Å². The highest BCUT2D eigenvalue weighted by atomic mass is 32.2. The summed E-state index contributed by atoms with van der Waals surface area (Å²) in [6.45, 7) is 4.13. The molecule has 0 aliphatic carbocycles. The molecule has 1 spiro atoms. The third kappa shape index (κ3) is 7.59. The lowest BCUT2D eigenvalue weighted by Gasteiger charge is -2.34. The maximum atomic E-state index is 13.0. The van der Waals surface area contributed by atoms with E-state index >= 15 is 0 Å². The lowest BCUT2D eigenvalue weighted by molar-refractivity contribution is -0.284. The second kappa shape index (κ2) is 12.5. The Balaban J connectivity index is 1.47. The molecule has 2 N–H and O–H groups in total. The summed E-state index contributed by atoms with van der Waals surface area (Å²) in [6, 6.07) is 3.89. The van der Waals surface area contributed by atoms with Crippen molar-refractivity contribution in [2.75, 3.05) is 25.5 Å². The van der Waals surface area contributed by atoms with Crippen molar-refractivity contribution >= 4 is 33.5 Å². The van der Waals surface area contributed by atoms with Crippen molar-refractivity contribution in [2.24, 2.45) is 4.99 Å². The highest BCUT2D eigenvalue weighted by molar-refractivity contribution is 7.92. The van der Waals surface area contributed by atoms with Gasteiger partial charge in [0.15, 0.2) is 0 Å². The van der Waals surface area contributed by atoms with Crippen LogP contribution in [-0.2, 0) is 14.8 Å². The maximum absolute atomic E-state index is 13.0. The predicted molar refractivity (Wildman–Crippen MR) is 146 cm³/mol. The summed E-state index contributed by atoms with van der Waals surface area (Å²) in [5, 5.41) is 7.05. The summed E-state index contributed by atoms with van der Waals surface area (Å²) in [6.07, 6.45) is -2.44. The molecule has 13 heteroatoms. The molecule has 0 bridgehead atoms. The molecule has 2 aliphatic heterocycles. The molecule has 1 saturated heterocycles. The summed E-state index contributed by atoms with van der Waals surface area (Å²) in [5.41, 5.74) is 2.66. The molecule has 1 fully saturated rings. The molecule has 0 radical (unpaired) electrons. The average molecular weight is 593 g/mol. The Morgan fingerprint density at radius 3 is 2.17 bits per heavy atom. The fraction of sp³-hybridized carbons (Fsp3) is 0.630. The smallest absolute Gasteiger partial charge is 0.388 e. The number of halogens is 5. The number of carbonyl (C=O) groups is 1. The molecule has 1 aromatic rings. The number of hydrogen-bond donors (Lipinski definition) is 2. The Morgan fingerprint density at radius 1 is 1.02 bits per heavy atom. The van der Waals surface area contributed by atoms with Gasteiger partial charge in [0.05, 0.1) is 0 Å². The molecule has 7 nitrogen and oxygen atoms in total. The van der Waals surface area contributed by atoms with Gasteiger partial charge in [-0.15, -0.1) is 0 Å². The number of aliphatic imine (C=N–C) groups is 1. The van der Waals surface area contributed by atoms with E-state index < -0.39 is 34.1 Å². The number of unbranched alkanes of at least 4 members (excludes halogenated alkanes) is 4. The Bertz CT molecular complexity index is 1210. The molecule has 1 amide bonds. The van der Waals surface area contributed by atoms with Crippen LogP contribution < -0.4 is 10.6 Å². The normalized spacial score (nSPS) is 18.4. The average Bonchev–Trinajstić information content (AvgIpc) is 3.16. The van der Waals surface area contributed by atoms with E-state index in [4.69, 9.17) is 0 Å². The second-order valence-corrected chi connectivity index (χ2v) is 12.4. The largest absolute Gasteiger partial charge is 0.453 e. The molecule has 40 heavy (non-hydrogen) atoms. The van der Waals surface area contributed by atoms with Crippen LogP contribution in [0.5, 0.6) is 0 Å². The number of aryl methyl sites for hydroxylation is 2. The van der Waals surface area contributed by atoms with Gasteiger partial charge in [-0.05, 0) is 74.4 Å². The van der Waals surface area contributed by atoms with Crippen LogP contribution in [0.15, 0.2) is 22.5 Å². The van der Waals surface area contributed by atoms with Crippen LogP contribution in [0, 0.1) is 13.8 Å². The Morgan fingerprint density at radius 2 is 1.60 bits per heavy atom. The molecule has 0 unspecified atom stereocenters. The van der Waals surface area contributed by atoms with Crippen LogP contribution >= 0.6 is 0 Å². The monoisotopic (exact) mass is 592 g/mol. The summed E-state index contributed by atoms with van der Waals surface area (Å²) in [5.74, 6) is -4.42. The van der Waals surface area contributed by atoms with Crippen molar-refractivity contribution in [2.45, 2.75) is 89.3 Å². The van der Waals surface area contributed by atoms with Gasteiger partial charge in [-0.25, -0.2) is 8.42 Å². The molecular formula is C27H37F5N4O3S. The van der Waals surface area contributed by atoms with Crippen LogP contribution in [0.3, 0.4) is 0 Å². The van der Waals surface area contributed by atoms with Gasteiger partial charge < -0.3 is 10.6 Å².